The molecule has 2 unspecified atom stereocenters. The number of carbonyl (C=O) groups is 16. The van der Waals surface area contributed by atoms with Crippen molar-refractivity contribution in [2.45, 2.75) is 297 Å². The van der Waals surface area contributed by atoms with Crippen LogP contribution in [0.4, 0.5) is 24.0 Å². The van der Waals surface area contributed by atoms with Gasteiger partial charge in [-0.05, 0) is 174 Å². The van der Waals surface area contributed by atoms with Gasteiger partial charge in [-0.15, -0.1) is 0 Å². The van der Waals surface area contributed by atoms with Crippen molar-refractivity contribution < 1.29 is 124 Å². The Hall–Kier alpha value is -10.2. The molecule has 43 heteroatoms. The van der Waals surface area contributed by atoms with E-state index in [0.29, 0.717) is 5.56 Å². The molecule has 122 heavy (non-hydrogen) atoms. The van der Waals surface area contributed by atoms with Gasteiger partial charge in [0.05, 0.1) is 25.4 Å². The van der Waals surface area contributed by atoms with E-state index in [1.807, 2.05) is 0 Å². The van der Waals surface area contributed by atoms with Crippen molar-refractivity contribution in [3.05, 3.63) is 35.9 Å². The Kier molecular flexibility index (Phi) is 41.7. The Morgan fingerprint density at radius 1 is 0.475 bits per heavy atom. The van der Waals surface area contributed by atoms with Gasteiger partial charge >= 0.3 is 38.1 Å². The summed E-state index contributed by atoms with van der Waals surface area (Å²) in [5.41, 5.74) is -5.20. The summed E-state index contributed by atoms with van der Waals surface area (Å²) in [5, 5.41) is 62.6. The summed E-state index contributed by atoms with van der Waals surface area (Å²) in [6.07, 6.45) is -12.9. The summed E-state index contributed by atoms with van der Waals surface area (Å²) < 4.78 is 51.4. The molecule has 2 heterocycles. The predicted octanol–water partition coefficient (Wildman–Crippen LogP) is 1.24. The minimum Gasteiger partial charge on any atom is -0.444 e. The lowest BCUT2D eigenvalue weighted by Crippen LogP contribution is -2.62. The summed E-state index contributed by atoms with van der Waals surface area (Å²) in [6, 6.07) is -9.92. The van der Waals surface area contributed by atoms with Gasteiger partial charge in [-0.3, -0.25) is 57.3 Å². The molecule has 0 bridgehead atoms. The summed E-state index contributed by atoms with van der Waals surface area (Å²) >= 11 is 0. The van der Waals surface area contributed by atoms with Crippen LogP contribution in [0.25, 0.3) is 0 Å². The van der Waals surface area contributed by atoms with E-state index in [-0.39, 0.29) is 39.1 Å². The van der Waals surface area contributed by atoms with E-state index < -0.39 is 286 Å². The van der Waals surface area contributed by atoms with Gasteiger partial charge in [0.2, 0.25) is 65.0 Å². The maximum atomic E-state index is 15.4. The molecule has 690 valence electrons. The Morgan fingerprint density at radius 3 is 1.25 bits per heavy atom. The van der Waals surface area contributed by atoms with Crippen molar-refractivity contribution in [3.63, 3.8) is 0 Å². The van der Waals surface area contributed by atoms with Crippen molar-refractivity contribution in [1.29, 1.82) is 0 Å². The Balaban J connectivity index is 2.39. The third-order valence-electron chi connectivity index (χ3n) is 17.1. The van der Waals surface area contributed by atoms with Crippen LogP contribution in [0.5, 0.6) is 0 Å². The highest BCUT2D eigenvalue weighted by Gasteiger charge is 2.42. The van der Waals surface area contributed by atoms with Crippen molar-refractivity contribution in [2.75, 3.05) is 58.6 Å². The quantitative estimate of drug-likeness (QED) is 0.0381. The second-order valence-corrected chi connectivity index (χ2v) is 38.0. The number of ether oxygens (including phenoxy) is 5. The Labute approximate surface area is 712 Å². The number of nitrogens with one attached hydrogen (secondary N) is 16. The molecule has 2 fully saturated rings. The third kappa shape index (κ3) is 43.0. The average Bonchev–Trinajstić information content (AvgIpc) is 0.849. The van der Waals surface area contributed by atoms with E-state index in [9.17, 15) is 72.3 Å². The normalized spacial score (nSPS) is 21.2. The minimum atomic E-state index is -4.10. The highest BCUT2D eigenvalue weighted by molar-refractivity contribution is 7.54. The fraction of sp³-hybridized carbons (Fsp3) is 0.722. The molecule has 0 aromatic heterocycles. The van der Waals surface area contributed by atoms with Gasteiger partial charge in [0.1, 0.15) is 94.6 Å². The predicted molar refractivity (Wildman–Crippen MR) is 442 cm³/mol. The first-order valence-electron chi connectivity index (χ1n) is 40.6. The molecule has 12 atom stereocenters. The zero-order valence-corrected chi connectivity index (χ0v) is 74.9. The summed E-state index contributed by atoms with van der Waals surface area (Å²) in [7, 11) is -4.10. The molecule has 0 radical (unpaired) electrons. The van der Waals surface area contributed by atoms with Gasteiger partial charge in [-0.25, -0.2) is 24.0 Å². The molecule has 0 aliphatic carbocycles. The molecule has 0 saturated carbocycles. The first-order chi connectivity index (χ1) is 56.2. The number of carbonyl (C=O) groups excluding carboxylic acids is 16. The van der Waals surface area contributed by atoms with Crippen molar-refractivity contribution in [2.24, 2.45) is 11.3 Å². The first-order valence-corrected chi connectivity index (χ1v) is 42.4. The van der Waals surface area contributed by atoms with Crippen molar-refractivity contribution in [1.82, 2.24) is 85.1 Å². The first kappa shape index (κ1) is 106. The Bertz CT molecular complexity index is 3780. The molecular weight excluding hydrogens is 1620 g/mol. The van der Waals surface area contributed by atoms with Crippen molar-refractivity contribution in [3.8, 4) is 0 Å². The van der Waals surface area contributed by atoms with Gasteiger partial charge < -0.3 is 128 Å². The zero-order chi connectivity index (χ0) is 92.6. The van der Waals surface area contributed by atoms with Crippen LogP contribution >= 0.6 is 7.60 Å². The molecule has 2 aliphatic rings. The topological polar surface area (TPSA) is 588 Å². The van der Waals surface area contributed by atoms with E-state index in [1.165, 1.54) is 0 Å². The van der Waals surface area contributed by atoms with Gasteiger partial charge in [-0.1, -0.05) is 58.0 Å². The monoisotopic (exact) mass is 1750 g/mol. The molecule has 2 saturated heterocycles. The summed E-state index contributed by atoms with van der Waals surface area (Å²) in [5.74, 6) is -13.1. The van der Waals surface area contributed by atoms with Crippen LogP contribution in [0.3, 0.4) is 0 Å². The Morgan fingerprint density at radius 2 is 0.844 bits per heavy atom. The van der Waals surface area contributed by atoms with Crippen LogP contribution < -0.4 is 85.1 Å². The number of rotatable bonds is 30. The highest BCUT2D eigenvalue weighted by atomic mass is 31.2. The lowest BCUT2D eigenvalue weighted by molar-refractivity contribution is -0.137. The van der Waals surface area contributed by atoms with Gasteiger partial charge in [-0.2, -0.15) is 0 Å². The molecular formula is C79H133N16O26P. The van der Waals surface area contributed by atoms with Crippen LogP contribution in [-0.2, 0) is 96.5 Å². The van der Waals surface area contributed by atoms with Crippen LogP contribution in [0, 0.1) is 11.3 Å². The van der Waals surface area contributed by atoms with E-state index in [0.717, 1.165) is 13.8 Å². The van der Waals surface area contributed by atoms with Crippen molar-refractivity contribution >= 4 is 103 Å². The number of aliphatic hydroxyl groups is 2. The van der Waals surface area contributed by atoms with Crippen LogP contribution in [0.2, 0.25) is 0 Å². The van der Waals surface area contributed by atoms with E-state index in [1.54, 1.807) is 162 Å². The molecule has 42 nitrogen and oxygen atoms in total. The second kappa shape index (κ2) is 48.0. The second-order valence-electron chi connectivity index (χ2n) is 36.0. The molecule has 16 amide bonds. The highest BCUT2D eigenvalue weighted by Crippen LogP contribution is 2.53. The van der Waals surface area contributed by atoms with Crippen LogP contribution in [0.1, 0.15) is 196 Å². The van der Waals surface area contributed by atoms with E-state index in [4.69, 9.17) is 32.7 Å². The maximum absolute atomic E-state index is 15.4. The van der Waals surface area contributed by atoms with E-state index in [2.05, 4.69) is 85.1 Å². The number of aliphatic hydroxyl groups excluding tert-OH is 2. The molecule has 0 spiro atoms. The number of hydrogen-bond acceptors (Lipinski definition) is 26. The lowest BCUT2D eigenvalue weighted by atomic mass is 9.97. The van der Waals surface area contributed by atoms with Crippen LogP contribution in [-0.4, -0.2) is 265 Å². The maximum Gasteiger partial charge on any atom is 0.407 e. The summed E-state index contributed by atoms with van der Waals surface area (Å²) in [6.45, 7) is 29.9. The lowest BCUT2D eigenvalue weighted by Gasteiger charge is -2.34. The number of alkyl carbamates (subject to hydrolysis) is 5. The van der Waals surface area contributed by atoms with Gasteiger partial charge in [0.25, 0.3) is 0 Å². The number of benzene rings is 1. The molecule has 2 aliphatic heterocycles. The standard InChI is InChI=1S/C79H133N16O26P/c1-44(2)39-54-65(105)90-50(29-35-82-70(110)118-75(8,9)10)60(100)89-53(32-38-85-73(113)121-78(17,18)19)64(104)94-57(45(3)96)67(107)80-33-27-49(59(99)88-51(30-36-83-71(111)119-76(11,12)13)62(102)93-55(66(106)92-54)40-47-25-23-22-24-26-47)87-61(101)52(31-37-84-72(112)120-77(14,15)16)91-68(108)58(46(4)97)95-63(103)48(28-34-81-69(109)117-74(5,6)7)86-56(98)41-122(114)115-42-79(20,21)43-116-122/h22-26,44-46,48-55,57-58,96-97H,27-43H2,1-21H3,(H,80,107)(H,81,109)(H,82,110)(H,83,111)(H,84,112)(H,85,113)(H,86,98)(H,87,101)(H,88,99)(H,89,100)(H,90,105)(H,91,108)(H,92,106)(H,93,102)(H,94,104)(H,95,103)/t45?,46?,48-,49-,50-,51-,52-,53-,54-,55+,57-,58-/m0/s1. The third-order valence-corrected chi connectivity index (χ3v) is 18.8. The number of amides is 16. The molecule has 3 rings (SSSR count). The average molecular weight is 1750 g/mol. The molecule has 1 aromatic rings. The van der Waals surface area contributed by atoms with Crippen LogP contribution in [0.15, 0.2) is 30.3 Å². The largest absolute Gasteiger partial charge is 0.444 e. The number of hydrogen-bond donors (Lipinski definition) is 18. The summed E-state index contributed by atoms with van der Waals surface area (Å²) in [4.78, 5) is 228. The van der Waals surface area contributed by atoms with Gasteiger partial charge in [0, 0.05) is 51.1 Å². The SMILES string of the molecule is CC(C)C[C@@H]1NC(=O)[C@@H](Cc2ccccc2)NC(=O)[C@H](CCNC(=O)OC(C)(C)C)NC(=O)[C@@H](NC(=O)[C@H](CCNC(=O)OC(C)(C)C)NC(=O)[C@@H](NC(=O)[C@H](CCNC(=O)OC(C)(C)C)NC(=O)CP2(=O)OCC(C)(C)CO2)C(C)O)CCNC(=O)[C@H](C(C)O)NC(=O)[C@H](CCNC(=O)OC(C)(C)C)NC(=O)[C@H](CCNC(=O)OC(C)(C)C)NC1=O. The van der Waals surface area contributed by atoms with E-state index >= 15 is 19.2 Å². The molecule has 1 aromatic carbocycles. The molecule has 18 N–H and O–H groups in total. The van der Waals surface area contributed by atoms with Gasteiger partial charge in [0.15, 0.2) is 0 Å². The minimum absolute atomic E-state index is 0.0580. The zero-order valence-electron chi connectivity index (χ0n) is 74.1. The fourth-order valence-corrected chi connectivity index (χ4v) is 13.1. The fourth-order valence-electron chi connectivity index (χ4n) is 11.3. The smallest absolute Gasteiger partial charge is 0.407 e.